The number of fused-ring (bicyclic) bond motifs is 2. The molecule has 120 valence electrons. The Bertz CT molecular complexity index is 813. The molecule has 2 aromatic heterocycles. The Hall–Kier alpha value is -2.09. The summed E-state index contributed by atoms with van der Waals surface area (Å²) < 4.78 is 6.85. The third kappa shape index (κ3) is 2.67. The maximum atomic E-state index is 12.5. The average Bonchev–Trinajstić information content (AvgIpc) is 2.98. The van der Waals surface area contributed by atoms with Crippen molar-refractivity contribution in [2.45, 2.75) is 37.4 Å². The van der Waals surface area contributed by atoms with Gasteiger partial charge < -0.3 is 4.52 Å². The van der Waals surface area contributed by atoms with E-state index in [-0.39, 0.29) is 17.4 Å². The molecule has 23 heavy (non-hydrogen) atoms. The number of anilines is 1. The number of aromatic nitrogens is 3. The van der Waals surface area contributed by atoms with E-state index in [1.165, 1.54) is 24.0 Å². The fraction of sp³-hybridized carbons (Fsp3) is 0.467. The Morgan fingerprint density at radius 2 is 2.26 bits per heavy atom. The summed E-state index contributed by atoms with van der Waals surface area (Å²) >= 11 is 1.43. The number of carbonyl (C=O) groups excluding carboxylic acids is 1. The van der Waals surface area contributed by atoms with Gasteiger partial charge in [0.15, 0.2) is 5.16 Å². The van der Waals surface area contributed by atoms with Gasteiger partial charge in [0.25, 0.3) is 5.56 Å². The van der Waals surface area contributed by atoms with E-state index in [1.807, 2.05) is 0 Å². The predicted octanol–water partition coefficient (Wildman–Crippen LogP) is 1.47. The third-order valence-corrected chi connectivity index (χ3v) is 5.44. The van der Waals surface area contributed by atoms with Crippen molar-refractivity contribution in [2.75, 3.05) is 11.1 Å². The molecule has 1 unspecified atom stereocenters. The van der Waals surface area contributed by atoms with Crippen molar-refractivity contribution in [3.63, 3.8) is 0 Å². The molecular weight excluding hydrogens is 316 g/mol. The van der Waals surface area contributed by atoms with E-state index in [4.69, 9.17) is 4.52 Å². The van der Waals surface area contributed by atoms with Crippen molar-refractivity contribution in [3.05, 3.63) is 33.9 Å². The highest BCUT2D eigenvalue weighted by Gasteiger charge is 2.28. The van der Waals surface area contributed by atoms with Crippen molar-refractivity contribution >= 4 is 23.6 Å². The van der Waals surface area contributed by atoms with Crippen LogP contribution in [0.5, 0.6) is 0 Å². The summed E-state index contributed by atoms with van der Waals surface area (Å²) in [5.41, 5.74) is 1.85. The lowest BCUT2D eigenvalue weighted by Gasteiger charge is -2.23. The van der Waals surface area contributed by atoms with Gasteiger partial charge in [-0.15, -0.1) is 0 Å². The molecule has 0 radical (unpaired) electrons. The highest BCUT2D eigenvalue weighted by atomic mass is 32.2. The molecule has 1 atom stereocenters. The monoisotopic (exact) mass is 332 g/mol. The number of aryl methyl sites for hydroxylation is 1. The minimum absolute atomic E-state index is 0.128. The highest BCUT2D eigenvalue weighted by molar-refractivity contribution is 7.99. The van der Waals surface area contributed by atoms with Crippen LogP contribution >= 0.6 is 11.8 Å². The number of hydrogen-bond donors (Lipinski definition) is 1. The van der Waals surface area contributed by atoms with Gasteiger partial charge in [-0.2, -0.15) is 0 Å². The molecule has 7 nitrogen and oxygen atoms in total. The summed E-state index contributed by atoms with van der Waals surface area (Å²) in [4.78, 5) is 28.6. The van der Waals surface area contributed by atoms with E-state index in [2.05, 4.69) is 15.5 Å². The van der Waals surface area contributed by atoms with Gasteiger partial charge in [0, 0.05) is 30.1 Å². The Labute approximate surface area is 136 Å². The molecule has 0 fully saturated rings. The Morgan fingerprint density at radius 1 is 1.39 bits per heavy atom. The summed E-state index contributed by atoms with van der Waals surface area (Å²) in [6.45, 7) is 0.344. The molecule has 1 amide bonds. The van der Waals surface area contributed by atoms with Gasteiger partial charge in [0.05, 0.1) is 11.6 Å². The molecule has 0 spiro atoms. The molecule has 2 aliphatic rings. The van der Waals surface area contributed by atoms with Crippen molar-refractivity contribution in [1.29, 1.82) is 0 Å². The van der Waals surface area contributed by atoms with E-state index < -0.39 is 0 Å². The Morgan fingerprint density at radius 3 is 3.17 bits per heavy atom. The van der Waals surface area contributed by atoms with E-state index in [0.717, 1.165) is 36.9 Å². The standard InChI is InChI=1S/C15H16N4O3S/c20-12-5-6-16-15-19(12)7-9(8-23-15)13(21)17-14-10-3-1-2-4-11(10)18-22-14/h5-6,9H,1-4,7-8H2,(H,17,21). The normalized spacial score (nSPS) is 19.7. The first kappa shape index (κ1) is 14.5. The van der Waals surface area contributed by atoms with Gasteiger partial charge in [-0.25, -0.2) is 4.98 Å². The second-order valence-electron chi connectivity index (χ2n) is 5.82. The molecule has 8 heteroatoms. The fourth-order valence-corrected chi connectivity index (χ4v) is 4.07. The van der Waals surface area contributed by atoms with Crippen molar-refractivity contribution < 1.29 is 9.32 Å². The van der Waals surface area contributed by atoms with Crippen LogP contribution in [0.25, 0.3) is 0 Å². The minimum atomic E-state index is -0.293. The highest BCUT2D eigenvalue weighted by Crippen LogP contribution is 2.29. The predicted molar refractivity (Wildman–Crippen MR) is 84.5 cm³/mol. The lowest BCUT2D eigenvalue weighted by molar-refractivity contribution is -0.119. The summed E-state index contributed by atoms with van der Waals surface area (Å²) in [5.74, 6) is 0.639. The van der Waals surface area contributed by atoms with Crippen LogP contribution in [0, 0.1) is 5.92 Å². The van der Waals surface area contributed by atoms with Gasteiger partial charge in [-0.1, -0.05) is 16.9 Å². The Kier molecular flexibility index (Phi) is 3.68. The third-order valence-electron chi connectivity index (χ3n) is 4.28. The molecule has 0 saturated heterocycles. The van der Waals surface area contributed by atoms with Crippen LogP contribution < -0.4 is 10.9 Å². The first-order valence-corrected chi connectivity index (χ1v) is 8.68. The zero-order valence-corrected chi connectivity index (χ0v) is 13.3. The summed E-state index contributed by atoms with van der Waals surface area (Å²) in [5, 5.41) is 7.56. The van der Waals surface area contributed by atoms with Crippen LogP contribution in [-0.4, -0.2) is 26.4 Å². The van der Waals surface area contributed by atoms with Gasteiger partial charge in [-0.3, -0.25) is 19.5 Å². The largest absolute Gasteiger partial charge is 0.338 e. The van der Waals surface area contributed by atoms with E-state index in [9.17, 15) is 9.59 Å². The molecule has 0 aromatic carbocycles. The first-order valence-electron chi connectivity index (χ1n) is 7.69. The SMILES string of the molecule is O=C(Nc1onc2c1CCCC2)C1CSc2nccc(=O)n2C1. The zero-order valence-electron chi connectivity index (χ0n) is 12.4. The molecule has 2 aromatic rings. The molecule has 1 aliphatic heterocycles. The number of nitrogens with zero attached hydrogens (tertiary/aromatic N) is 3. The fourth-order valence-electron chi connectivity index (χ4n) is 3.01. The van der Waals surface area contributed by atoms with Gasteiger partial charge in [0.1, 0.15) is 0 Å². The number of amides is 1. The second kappa shape index (κ2) is 5.84. The Balaban J connectivity index is 1.51. The number of nitrogens with one attached hydrogen (secondary N) is 1. The summed E-state index contributed by atoms with van der Waals surface area (Å²) in [6.07, 6.45) is 5.49. The topological polar surface area (TPSA) is 90.0 Å². The van der Waals surface area contributed by atoms with E-state index in [0.29, 0.717) is 23.3 Å². The molecule has 3 heterocycles. The minimum Gasteiger partial charge on any atom is -0.338 e. The second-order valence-corrected chi connectivity index (χ2v) is 6.80. The molecule has 0 bridgehead atoms. The lowest BCUT2D eigenvalue weighted by atomic mass is 9.97. The zero-order chi connectivity index (χ0) is 15.8. The van der Waals surface area contributed by atoms with Crippen molar-refractivity contribution in [3.8, 4) is 0 Å². The maximum Gasteiger partial charge on any atom is 0.254 e. The van der Waals surface area contributed by atoms with Crippen molar-refractivity contribution in [2.24, 2.45) is 5.92 Å². The van der Waals surface area contributed by atoms with Crippen LogP contribution in [-0.2, 0) is 24.2 Å². The van der Waals surface area contributed by atoms with Crippen LogP contribution in [0.2, 0.25) is 0 Å². The first-order chi connectivity index (χ1) is 11.2. The number of carbonyl (C=O) groups is 1. The summed E-state index contributed by atoms with van der Waals surface area (Å²) in [7, 11) is 0. The van der Waals surface area contributed by atoms with Gasteiger partial charge in [0.2, 0.25) is 11.8 Å². The van der Waals surface area contributed by atoms with Gasteiger partial charge >= 0.3 is 0 Å². The lowest BCUT2D eigenvalue weighted by Crippen LogP contribution is -2.36. The van der Waals surface area contributed by atoms with Gasteiger partial charge in [-0.05, 0) is 25.7 Å². The maximum absolute atomic E-state index is 12.5. The average molecular weight is 332 g/mol. The van der Waals surface area contributed by atoms with Crippen LogP contribution in [0.1, 0.15) is 24.1 Å². The van der Waals surface area contributed by atoms with Crippen LogP contribution in [0.15, 0.2) is 26.7 Å². The molecule has 4 rings (SSSR count). The number of thioether (sulfide) groups is 1. The number of hydrogen-bond acceptors (Lipinski definition) is 6. The van der Waals surface area contributed by atoms with E-state index >= 15 is 0 Å². The van der Waals surface area contributed by atoms with Crippen LogP contribution in [0.3, 0.4) is 0 Å². The smallest absolute Gasteiger partial charge is 0.254 e. The molecule has 0 saturated carbocycles. The molecule has 1 N–H and O–H groups in total. The summed E-state index contributed by atoms with van der Waals surface area (Å²) in [6, 6.07) is 1.41. The van der Waals surface area contributed by atoms with E-state index in [1.54, 1.807) is 4.57 Å². The molecule has 1 aliphatic carbocycles. The van der Waals surface area contributed by atoms with Crippen LogP contribution in [0.4, 0.5) is 5.88 Å². The van der Waals surface area contributed by atoms with Crippen molar-refractivity contribution in [1.82, 2.24) is 14.7 Å². The molecular formula is C15H16N4O3S. The number of rotatable bonds is 2. The quantitative estimate of drug-likeness (QED) is 0.838.